The first-order chi connectivity index (χ1) is 11.8. The summed E-state index contributed by atoms with van der Waals surface area (Å²) in [5.41, 5.74) is 0. The highest BCUT2D eigenvalue weighted by molar-refractivity contribution is 7.89. The molecule has 142 valence electrons. The monoisotopic (exact) mass is 394 g/mol. The summed E-state index contributed by atoms with van der Waals surface area (Å²) in [5, 5.41) is 2.78. The smallest absolute Gasteiger partial charge is 0.258 e. The maximum Gasteiger partial charge on any atom is 0.258 e. The van der Waals surface area contributed by atoms with E-state index >= 15 is 0 Å². The van der Waals surface area contributed by atoms with Gasteiger partial charge in [0, 0.05) is 26.8 Å². The number of nitrogens with one attached hydrogen (secondary N) is 2. The minimum atomic E-state index is -3.69. The zero-order valence-electron chi connectivity index (χ0n) is 14.4. The summed E-state index contributed by atoms with van der Waals surface area (Å²) in [4.78, 5) is 11.7. The van der Waals surface area contributed by atoms with Gasteiger partial charge in [0.15, 0.2) is 6.61 Å². The average molecular weight is 395 g/mol. The summed E-state index contributed by atoms with van der Waals surface area (Å²) in [6.07, 6.45) is 0. The van der Waals surface area contributed by atoms with E-state index in [1.165, 1.54) is 25.3 Å². The number of ether oxygens (including phenoxy) is 3. The molecule has 0 saturated carbocycles. The van der Waals surface area contributed by atoms with Crippen molar-refractivity contribution in [3.8, 4) is 5.75 Å². The van der Waals surface area contributed by atoms with Gasteiger partial charge in [0.2, 0.25) is 10.0 Å². The molecule has 1 aromatic carbocycles. The van der Waals surface area contributed by atoms with Crippen molar-refractivity contribution in [2.75, 3.05) is 40.6 Å². The molecule has 25 heavy (non-hydrogen) atoms. The predicted octanol–water partition coefficient (Wildman–Crippen LogP) is 0.795. The number of hydrogen-bond donors (Lipinski definition) is 2. The molecule has 1 rings (SSSR count). The van der Waals surface area contributed by atoms with Crippen LogP contribution in [0.1, 0.15) is 6.92 Å². The maximum atomic E-state index is 12.1. The van der Waals surface area contributed by atoms with Gasteiger partial charge in [-0.2, -0.15) is 0 Å². The van der Waals surface area contributed by atoms with Crippen molar-refractivity contribution in [1.29, 1.82) is 0 Å². The van der Waals surface area contributed by atoms with Crippen molar-refractivity contribution in [3.05, 3.63) is 23.2 Å². The lowest BCUT2D eigenvalue weighted by molar-refractivity contribution is -0.124. The van der Waals surface area contributed by atoms with Gasteiger partial charge in [0.25, 0.3) is 5.91 Å². The molecule has 10 heteroatoms. The summed E-state index contributed by atoms with van der Waals surface area (Å²) in [6.45, 7) is 2.34. The molecule has 0 bridgehead atoms. The maximum absolute atomic E-state index is 12.1. The van der Waals surface area contributed by atoms with Crippen LogP contribution >= 0.6 is 11.6 Å². The second kappa shape index (κ2) is 10.6. The van der Waals surface area contributed by atoms with Gasteiger partial charge in [-0.25, -0.2) is 13.1 Å². The molecule has 0 heterocycles. The van der Waals surface area contributed by atoms with Crippen LogP contribution in [0.2, 0.25) is 5.02 Å². The second-order valence-electron chi connectivity index (χ2n) is 5.20. The number of amides is 1. The fraction of sp³-hybridized carbons (Fsp3) is 0.533. The van der Waals surface area contributed by atoms with Gasteiger partial charge in [0.1, 0.15) is 5.75 Å². The first-order valence-corrected chi connectivity index (χ1v) is 9.35. The second-order valence-corrected chi connectivity index (χ2v) is 7.37. The molecule has 0 saturated heterocycles. The van der Waals surface area contributed by atoms with Crippen molar-refractivity contribution in [2.24, 2.45) is 0 Å². The Morgan fingerprint density at radius 1 is 1.28 bits per heavy atom. The standard InChI is InChI=1S/C15H23ClN2O6S/c1-11(9-23-3)18-15(19)10-24-14-5-4-12(8-13(14)16)25(20,21)17-6-7-22-2/h4-5,8,11,17H,6-7,9-10H2,1-3H3,(H,18,19)/t11-/m0/s1. The third-order valence-corrected chi connectivity index (χ3v) is 4.75. The largest absolute Gasteiger partial charge is 0.482 e. The van der Waals surface area contributed by atoms with Gasteiger partial charge in [0.05, 0.1) is 23.1 Å². The van der Waals surface area contributed by atoms with E-state index in [0.29, 0.717) is 6.61 Å². The first kappa shape index (κ1) is 21.7. The van der Waals surface area contributed by atoms with Crippen LogP contribution in [0.5, 0.6) is 5.75 Å². The molecule has 1 amide bonds. The SMILES string of the molecule is COCCNS(=O)(=O)c1ccc(OCC(=O)N[C@@H](C)COC)c(Cl)c1. The molecular weight excluding hydrogens is 372 g/mol. The van der Waals surface area contributed by atoms with Crippen molar-refractivity contribution >= 4 is 27.5 Å². The number of sulfonamides is 1. The van der Waals surface area contributed by atoms with E-state index in [0.717, 1.165) is 0 Å². The van der Waals surface area contributed by atoms with E-state index in [9.17, 15) is 13.2 Å². The molecule has 0 unspecified atom stereocenters. The highest BCUT2D eigenvalue weighted by Crippen LogP contribution is 2.27. The summed E-state index contributed by atoms with van der Waals surface area (Å²) in [6, 6.07) is 3.86. The number of benzene rings is 1. The Hall–Kier alpha value is -1.39. The molecule has 1 aromatic rings. The third-order valence-electron chi connectivity index (χ3n) is 2.99. The minimum Gasteiger partial charge on any atom is -0.482 e. The Bertz CT molecular complexity index is 668. The molecule has 0 aromatic heterocycles. The van der Waals surface area contributed by atoms with Crippen LogP contribution in [0, 0.1) is 0 Å². The van der Waals surface area contributed by atoms with E-state index in [2.05, 4.69) is 10.0 Å². The van der Waals surface area contributed by atoms with Crippen molar-refractivity contribution < 1.29 is 27.4 Å². The van der Waals surface area contributed by atoms with Crippen LogP contribution < -0.4 is 14.8 Å². The lowest BCUT2D eigenvalue weighted by Gasteiger charge is -2.14. The summed E-state index contributed by atoms with van der Waals surface area (Å²) in [7, 11) is -0.672. The van der Waals surface area contributed by atoms with E-state index in [-0.39, 0.29) is 47.4 Å². The molecule has 0 fully saturated rings. The average Bonchev–Trinajstić information content (AvgIpc) is 2.54. The molecule has 0 aliphatic rings. The van der Waals surface area contributed by atoms with E-state index in [4.69, 9.17) is 25.8 Å². The Morgan fingerprint density at radius 2 is 2.00 bits per heavy atom. The molecule has 2 N–H and O–H groups in total. The van der Waals surface area contributed by atoms with Gasteiger partial charge in [-0.15, -0.1) is 0 Å². The van der Waals surface area contributed by atoms with Crippen molar-refractivity contribution in [2.45, 2.75) is 17.9 Å². The van der Waals surface area contributed by atoms with Gasteiger partial charge in [-0.05, 0) is 25.1 Å². The zero-order valence-corrected chi connectivity index (χ0v) is 15.9. The molecule has 0 radical (unpaired) electrons. The van der Waals surface area contributed by atoms with Gasteiger partial charge in [-0.3, -0.25) is 4.79 Å². The van der Waals surface area contributed by atoms with Crippen LogP contribution in [-0.4, -0.2) is 61.0 Å². The van der Waals surface area contributed by atoms with E-state index < -0.39 is 10.0 Å². The summed E-state index contributed by atoms with van der Waals surface area (Å²) >= 11 is 6.04. The summed E-state index contributed by atoms with van der Waals surface area (Å²) in [5.74, 6) is -0.120. The zero-order chi connectivity index (χ0) is 18.9. The highest BCUT2D eigenvalue weighted by atomic mass is 35.5. The number of hydrogen-bond acceptors (Lipinski definition) is 6. The fourth-order valence-corrected chi connectivity index (χ4v) is 3.22. The number of rotatable bonds is 11. The third kappa shape index (κ3) is 7.57. The van der Waals surface area contributed by atoms with E-state index in [1.54, 1.807) is 14.0 Å². The first-order valence-electron chi connectivity index (χ1n) is 7.49. The molecule has 0 aliphatic carbocycles. The Kier molecular flexibility index (Phi) is 9.15. The molecular formula is C15H23ClN2O6S. The van der Waals surface area contributed by atoms with Gasteiger partial charge in [-0.1, -0.05) is 11.6 Å². The van der Waals surface area contributed by atoms with Crippen LogP contribution in [-0.2, 0) is 24.3 Å². The Morgan fingerprint density at radius 3 is 2.60 bits per heavy atom. The lowest BCUT2D eigenvalue weighted by atomic mass is 10.3. The highest BCUT2D eigenvalue weighted by Gasteiger charge is 2.16. The van der Waals surface area contributed by atoms with Crippen molar-refractivity contribution in [3.63, 3.8) is 0 Å². The van der Waals surface area contributed by atoms with Gasteiger partial charge < -0.3 is 19.5 Å². The summed E-state index contributed by atoms with van der Waals surface area (Å²) < 4.78 is 41.6. The Balaban J connectivity index is 2.65. The topological polar surface area (TPSA) is 103 Å². The quantitative estimate of drug-likeness (QED) is 0.538. The van der Waals surface area contributed by atoms with Crippen LogP contribution in [0.25, 0.3) is 0 Å². The minimum absolute atomic E-state index is 0.000814. The fourth-order valence-electron chi connectivity index (χ4n) is 1.88. The number of methoxy groups -OCH3 is 2. The molecule has 0 spiro atoms. The number of carbonyl (C=O) groups excluding carboxylic acids is 1. The van der Waals surface area contributed by atoms with Crippen LogP contribution in [0.3, 0.4) is 0 Å². The van der Waals surface area contributed by atoms with Crippen LogP contribution in [0.15, 0.2) is 23.1 Å². The Labute approximate surface area is 152 Å². The van der Waals surface area contributed by atoms with E-state index in [1.807, 2.05) is 0 Å². The normalized spacial score (nSPS) is 12.6. The van der Waals surface area contributed by atoms with Crippen molar-refractivity contribution in [1.82, 2.24) is 10.0 Å². The number of halogens is 1. The predicted molar refractivity (Wildman–Crippen MR) is 93.5 cm³/mol. The molecule has 8 nitrogen and oxygen atoms in total. The molecule has 0 aliphatic heterocycles. The lowest BCUT2D eigenvalue weighted by Crippen LogP contribution is -2.38. The number of carbonyl (C=O) groups is 1. The van der Waals surface area contributed by atoms with Gasteiger partial charge >= 0.3 is 0 Å². The molecule has 1 atom stereocenters. The van der Waals surface area contributed by atoms with Crippen LogP contribution in [0.4, 0.5) is 0 Å².